The van der Waals surface area contributed by atoms with Crippen LogP contribution < -0.4 is 10.1 Å². The molecule has 5 aliphatic rings. The van der Waals surface area contributed by atoms with E-state index in [9.17, 15) is 10.2 Å². The average Bonchev–Trinajstić information content (AvgIpc) is 3.45. The predicted molar refractivity (Wildman–Crippen MR) is 111 cm³/mol. The van der Waals surface area contributed by atoms with Crippen molar-refractivity contribution in [1.82, 2.24) is 10.2 Å². The minimum absolute atomic E-state index is 0.0916. The first-order chi connectivity index (χ1) is 14.1. The van der Waals surface area contributed by atoms with Gasteiger partial charge in [0.25, 0.3) is 0 Å². The van der Waals surface area contributed by atoms with Gasteiger partial charge in [-0.25, -0.2) is 0 Å². The molecule has 29 heavy (non-hydrogen) atoms. The summed E-state index contributed by atoms with van der Waals surface area (Å²) in [6.45, 7) is 5.36. The maximum atomic E-state index is 12.4. The first kappa shape index (κ1) is 18.5. The Kier molecular flexibility index (Phi) is 4.04. The summed E-state index contributed by atoms with van der Waals surface area (Å²) in [5, 5.41) is 26.7. The number of likely N-dealkylation sites (tertiary alicyclic amines) is 1. The number of ether oxygens (including phenoxy) is 1. The van der Waals surface area contributed by atoms with Crippen LogP contribution in [0.15, 0.2) is 12.1 Å². The lowest BCUT2D eigenvalue weighted by Crippen LogP contribution is -2.78. The molecule has 1 aromatic rings. The summed E-state index contributed by atoms with van der Waals surface area (Å²) < 4.78 is 6.56. The summed E-state index contributed by atoms with van der Waals surface area (Å²) in [6.07, 6.45) is 8.47. The van der Waals surface area contributed by atoms with Crippen molar-refractivity contribution in [3.63, 3.8) is 0 Å². The van der Waals surface area contributed by atoms with E-state index in [0.717, 1.165) is 63.2 Å². The third-order valence-corrected chi connectivity index (χ3v) is 8.70. The molecule has 0 radical (unpaired) electrons. The summed E-state index contributed by atoms with van der Waals surface area (Å²) in [7, 11) is 0. The fraction of sp³-hybridized carbons (Fsp3) is 0.750. The molecule has 5 heteroatoms. The summed E-state index contributed by atoms with van der Waals surface area (Å²) >= 11 is 0. The van der Waals surface area contributed by atoms with Crippen molar-refractivity contribution >= 4 is 0 Å². The van der Waals surface area contributed by atoms with Gasteiger partial charge in [-0.2, -0.15) is 0 Å². The fourth-order valence-corrected chi connectivity index (χ4v) is 7.15. The Bertz CT molecular complexity index is 825. The molecule has 0 amide bonds. The average molecular weight is 399 g/mol. The molecule has 1 aromatic carbocycles. The predicted octanol–water partition coefficient (Wildman–Crippen LogP) is 2.71. The zero-order chi connectivity index (χ0) is 19.8. The van der Waals surface area contributed by atoms with Gasteiger partial charge in [0, 0.05) is 24.2 Å². The molecule has 5 nitrogen and oxygen atoms in total. The second kappa shape index (κ2) is 6.35. The first-order valence-corrected chi connectivity index (χ1v) is 11.8. The fourth-order valence-electron chi connectivity index (χ4n) is 7.15. The highest BCUT2D eigenvalue weighted by Gasteiger charge is 2.72. The van der Waals surface area contributed by atoms with Crippen LogP contribution >= 0.6 is 0 Å². The highest BCUT2D eigenvalue weighted by molar-refractivity contribution is 5.62. The number of phenols is 1. The highest BCUT2D eigenvalue weighted by Crippen LogP contribution is 2.65. The molecule has 5 atom stereocenters. The molecular weight excluding hydrogens is 364 g/mol. The summed E-state index contributed by atoms with van der Waals surface area (Å²) in [6, 6.07) is 4.29. The van der Waals surface area contributed by atoms with E-state index < -0.39 is 5.60 Å². The number of unbranched alkanes of at least 4 members (excludes halogenated alkanes) is 1. The lowest BCUT2D eigenvalue weighted by Gasteiger charge is -2.64. The molecule has 1 saturated heterocycles. The second-order valence-corrected chi connectivity index (χ2v) is 10.2. The van der Waals surface area contributed by atoms with E-state index in [2.05, 4.69) is 23.2 Å². The largest absolute Gasteiger partial charge is 0.504 e. The minimum atomic E-state index is -0.764. The van der Waals surface area contributed by atoms with Crippen molar-refractivity contribution in [2.75, 3.05) is 19.6 Å². The lowest BCUT2D eigenvalue weighted by atomic mass is 9.48. The number of rotatable bonds is 6. The van der Waals surface area contributed by atoms with Crippen LogP contribution in [0.25, 0.3) is 0 Å². The third kappa shape index (κ3) is 2.38. The molecule has 3 fully saturated rings. The van der Waals surface area contributed by atoms with Gasteiger partial charge in [-0.15, -0.1) is 0 Å². The van der Waals surface area contributed by atoms with Crippen LogP contribution in [0.3, 0.4) is 0 Å². The van der Waals surface area contributed by atoms with E-state index in [0.29, 0.717) is 5.75 Å². The van der Waals surface area contributed by atoms with Crippen molar-refractivity contribution in [1.29, 1.82) is 0 Å². The van der Waals surface area contributed by atoms with Gasteiger partial charge in [-0.1, -0.05) is 19.4 Å². The van der Waals surface area contributed by atoms with Gasteiger partial charge in [0.05, 0.1) is 11.0 Å². The summed E-state index contributed by atoms with van der Waals surface area (Å²) in [5.41, 5.74) is 1.26. The smallest absolute Gasteiger partial charge is 0.165 e. The van der Waals surface area contributed by atoms with Gasteiger partial charge in [-0.3, -0.25) is 4.90 Å². The third-order valence-electron chi connectivity index (χ3n) is 8.70. The molecule has 158 valence electrons. The van der Waals surface area contributed by atoms with Crippen molar-refractivity contribution in [2.45, 2.75) is 87.5 Å². The molecule has 2 saturated carbocycles. The molecule has 3 N–H and O–H groups in total. The van der Waals surface area contributed by atoms with Crippen molar-refractivity contribution in [2.24, 2.45) is 5.92 Å². The van der Waals surface area contributed by atoms with Crippen LogP contribution in [0.4, 0.5) is 0 Å². The first-order valence-electron chi connectivity index (χ1n) is 11.8. The Morgan fingerprint density at radius 1 is 1.24 bits per heavy atom. The topological polar surface area (TPSA) is 65.0 Å². The Morgan fingerprint density at radius 3 is 2.90 bits per heavy atom. The molecule has 0 aromatic heterocycles. The normalized spacial score (nSPS) is 39.9. The van der Waals surface area contributed by atoms with Gasteiger partial charge in [-0.05, 0) is 75.6 Å². The number of nitrogens with one attached hydrogen (secondary N) is 1. The van der Waals surface area contributed by atoms with Gasteiger partial charge in [0.2, 0.25) is 0 Å². The molecular formula is C24H34N2O3. The standard InChI is InChI=1S/C24H34N2O3/c1-2-3-11-25-17-8-9-24(28)19-13-16-6-7-18(27)21-20(16)23(24,22(17)29-21)10-12-26(19)14-15-4-5-15/h6-7,15,17,19,22,25,27-28H,2-5,8-14H2,1H3/t17-,19?,22+,23+,24-/m0/s1. The molecule has 1 unspecified atom stereocenters. The number of hydrogen-bond donors (Lipinski definition) is 3. The molecule has 6 rings (SSSR count). The summed E-state index contributed by atoms with van der Waals surface area (Å²) in [5.74, 6) is 1.72. The van der Waals surface area contributed by atoms with Crippen LogP contribution in [-0.2, 0) is 11.8 Å². The van der Waals surface area contributed by atoms with E-state index >= 15 is 0 Å². The van der Waals surface area contributed by atoms with Crippen LogP contribution in [-0.4, -0.2) is 58.5 Å². The molecule has 2 bridgehead atoms. The number of nitrogens with zero attached hydrogens (tertiary/aromatic N) is 1. The zero-order valence-electron chi connectivity index (χ0n) is 17.5. The molecule has 2 heterocycles. The van der Waals surface area contributed by atoms with E-state index in [1.54, 1.807) is 6.07 Å². The Hall–Kier alpha value is -1.30. The van der Waals surface area contributed by atoms with Gasteiger partial charge in [0.1, 0.15) is 6.10 Å². The maximum Gasteiger partial charge on any atom is 0.165 e. The van der Waals surface area contributed by atoms with Gasteiger partial charge >= 0.3 is 0 Å². The maximum absolute atomic E-state index is 12.4. The second-order valence-electron chi connectivity index (χ2n) is 10.2. The Balaban J connectivity index is 1.45. The van der Waals surface area contributed by atoms with Crippen LogP contribution in [0.5, 0.6) is 11.5 Å². The van der Waals surface area contributed by atoms with E-state index in [-0.39, 0.29) is 29.4 Å². The summed E-state index contributed by atoms with van der Waals surface area (Å²) in [4.78, 5) is 2.60. The zero-order valence-corrected chi connectivity index (χ0v) is 17.5. The SMILES string of the molecule is CCCCN[C@H]1CC[C@]2(O)C3Cc4ccc(O)c5c4[C@]2(CCN3CC2CC2)[C@@H]1O5. The van der Waals surface area contributed by atoms with Crippen molar-refractivity contribution in [3.8, 4) is 11.5 Å². The number of phenolic OH excluding ortho intramolecular Hbond substituents is 1. The Labute approximate surface area is 173 Å². The Morgan fingerprint density at radius 2 is 2.10 bits per heavy atom. The minimum Gasteiger partial charge on any atom is -0.504 e. The van der Waals surface area contributed by atoms with Crippen LogP contribution in [0.1, 0.15) is 63.0 Å². The van der Waals surface area contributed by atoms with E-state index in [1.807, 2.05) is 0 Å². The van der Waals surface area contributed by atoms with Gasteiger partial charge in [0.15, 0.2) is 11.5 Å². The lowest BCUT2D eigenvalue weighted by molar-refractivity contribution is -0.191. The number of aromatic hydroxyl groups is 1. The number of hydrogen-bond acceptors (Lipinski definition) is 5. The van der Waals surface area contributed by atoms with E-state index in [4.69, 9.17) is 4.74 Å². The van der Waals surface area contributed by atoms with Crippen LogP contribution in [0, 0.1) is 5.92 Å². The van der Waals surface area contributed by atoms with Gasteiger partial charge < -0.3 is 20.3 Å². The number of piperidine rings is 1. The van der Waals surface area contributed by atoms with Crippen LogP contribution in [0.2, 0.25) is 0 Å². The molecule has 2 aliphatic heterocycles. The van der Waals surface area contributed by atoms with Crippen molar-refractivity contribution < 1.29 is 14.9 Å². The van der Waals surface area contributed by atoms with Crippen molar-refractivity contribution in [3.05, 3.63) is 23.3 Å². The quantitative estimate of drug-likeness (QED) is 0.643. The highest BCUT2D eigenvalue weighted by atomic mass is 16.5. The molecule has 3 aliphatic carbocycles. The molecule has 1 spiro atoms. The number of aliphatic hydroxyl groups is 1. The van der Waals surface area contributed by atoms with E-state index in [1.165, 1.54) is 24.8 Å². The monoisotopic (exact) mass is 398 g/mol. The number of benzene rings is 1.